The number of carbonyl (C=O) groups excluding carboxylic acids is 3. The number of hydrogen-bond acceptors (Lipinski definition) is 6. The van der Waals surface area contributed by atoms with Crippen LogP contribution >= 0.6 is 0 Å². The van der Waals surface area contributed by atoms with Gasteiger partial charge in [-0.25, -0.2) is 0 Å². The summed E-state index contributed by atoms with van der Waals surface area (Å²) < 4.78 is 16.7. The Hall–Kier alpha value is -1.59. The van der Waals surface area contributed by atoms with Gasteiger partial charge < -0.3 is 14.2 Å². The van der Waals surface area contributed by atoms with E-state index in [2.05, 4.69) is 27.7 Å². The van der Waals surface area contributed by atoms with Crippen LogP contribution in [0.5, 0.6) is 0 Å². The van der Waals surface area contributed by atoms with Crippen molar-refractivity contribution >= 4 is 17.9 Å². The third-order valence-electron chi connectivity index (χ3n) is 11.7. The molecule has 0 amide bonds. The van der Waals surface area contributed by atoms with Gasteiger partial charge in [-0.05, 0) is 25.2 Å². The molecule has 0 aliphatic rings. The minimum atomic E-state index is -0.759. The molecule has 0 aromatic rings. The summed E-state index contributed by atoms with van der Waals surface area (Å²) in [4.78, 5) is 37.8. The minimum Gasteiger partial charge on any atom is -0.462 e. The largest absolute Gasteiger partial charge is 0.462 e. The van der Waals surface area contributed by atoms with Gasteiger partial charge in [-0.1, -0.05) is 240 Å². The van der Waals surface area contributed by atoms with Crippen molar-refractivity contribution in [3.05, 3.63) is 0 Å². The van der Waals surface area contributed by atoms with E-state index in [-0.39, 0.29) is 31.1 Å². The Balaban J connectivity index is 4.23. The summed E-state index contributed by atoms with van der Waals surface area (Å²) in [6.07, 6.45) is 45.1. The summed E-state index contributed by atoms with van der Waals surface area (Å²) in [5.74, 6) is 0.0451. The van der Waals surface area contributed by atoms with E-state index in [4.69, 9.17) is 14.2 Å². The third kappa shape index (κ3) is 42.0. The Morgan fingerprint density at radius 2 is 0.625 bits per heavy atom. The van der Waals surface area contributed by atoms with Crippen LogP contribution < -0.4 is 0 Å². The Morgan fingerprint density at radius 3 is 0.929 bits per heavy atom. The maximum absolute atomic E-state index is 12.7. The first-order valence-corrected chi connectivity index (χ1v) is 24.9. The van der Waals surface area contributed by atoms with Crippen LogP contribution in [-0.4, -0.2) is 37.2 Å². The molecule has 0 aromatic carbocycles. The number of unbranched alkanes of at least 4 members (excludes halogenated alkanes) is 31. The Kier molecular flexibility index (Phi) is 43.2. The number of carbonyl (C=O) groups is 3. The molecule has 0 N–H and O–H groups in total. The smallest absolute Gasteiger partial charge is 0.306 e. The lowest BCUT2D eigenvalue weighted by atomic mass is 9.99. The van der Waals surface area contributed by atoms with Crippen LogP contribution in [0.2, 0.25) is 0 Å². The highest BCUT2D eigenvalue weighted by atomic mass is 16.6. The molecule has 0 saturated heterocycles. The van der Waals surface area contributed by atoms with Crippen molar-refractivity contribution in [2.75, 3.05) is 13.2 Å². The van der Waals surface area contributed by atoms with Gasteiger partial charge in [0.15, 0.2) is 6.10 Å². The van der Waals surface area contributed by atoms with Crippen LogP contribution in [0.1, 0.15) is 278 Å². The van der Waals surface area contributed by atoms with Crippen molar-refractivity contribution in [3.63, 3.8) is 0 Å². The van der Waals surface area contributed by atoms with E-state index in [1.54, 1.807) is 0 Å². The van der Waals surface area contributed by atoms with Crippen LogP contribution in [0.25, 0.3) is 0 Å². The second-order valence-electron chi connectivity index (χ2n) is 17.3. The van der Waals surface area contributed by atoms with E-state index >= 15 is 0 Å². The van der Waals surface area contributed by atoms with Crippen molar-refractivity contribution in [2.24, 2.45) is 5.92 Å². The van der Waals surface area contributed by atoms with E-state index < -0.39 is 6.10 Å². The highest BCUT2D eigenvalue weighted by Gasteiger charge is 2.19. The first-order valence-electron chi connectivity index (χ1n) is 24.9. The predicted octanol–water partition coefficient (Wildman–Crippen LogP) is 15.9. The fourth-order valence-corrected chi connectivity index (χ4v) is 7.48. The van der Waals surface area contributed by atoms with E-state index in [1.165, 1.54) is 173 Å². The van der Waals surface area contributed by atoms with Gasteiger partial charge in [-0.15, -0.1) is 0 Å². The van der Waals surface area contributed by atoms with Gasteiger partial charge in [0.1, 0.15) is 13.2 Å². The zero-order valence-electron chi connectivity index (χ0n) is 38.1. The first-order chi connectivity index (χ1) is 27.4. The maximum Gasteiger partial charge on any atom is 0.306 e. The van der Waals surface area contributed by atoms with E-state index in [1.807, 2.05) is 0 Å². The predicted molar refractivity (Wildman–Crippen MR) is 238 cm³/mol. The Bertz CT molecular complexity index is 843. The van der Waals surface area contributed by atoms with Crippen molar-refractivity contribution < 1.29 is 28.6 Å². The number of rotatable bonds is 45. The maximum atomic E-state index is 12.7. The molecule has 6 nitrogen and oxygen atoms in total. The lowest BCUT2D eigenvalue weighted by Crippen LogP contribution is -2.30. The van der Waals surface area contributed by atoms with Crippen LogP contribution in [0.4, 0.5) is 0 Å². The molecule has 0 bridgehead atoms. The fourth-order valence-electron chi connectivity index (χ4n) is 7.48. The standard InChI is InChI=1S/C50H96O6/c1-5-8-10-12-14-16-21-27-31-35-39-43-50(53)56-47(44-54-48(51)41-37-33-29-24-15-13-11-9-6-2)45-55-49(52)42-38-34-30-26-23-20-18-17-19-22-25-28-32-36-40-46(4)7-3/h46-47H,5-45H2,1-4H3/t46?,47-/m1/s1. The molecule has 332 valence electrons. The molecule has 0 radical (unpaired) electrons. The molecule has 2 atom stereocenters. The molecule has 0 aromatic heterocycles. The van der Waals surface area contributed by atoms with Gasteiger partial charge >= 0.3 is 17.9 Å². The molecule has 0 spiro atoms. The van der Waals surface area contributed by atoms with E-state index in [0.717, 1.165) is 63.7 Å². The molecule has 0 aliphatic heterocycles. The zero-order valence-corrected chi connectivity index (χ0v) is 38.1. The van der Waals surface area contributed by atoms with Crippen LogP contribution in [0, 0.1) is 5.92 Å². The topological polar surface area (TPSA) is 78.9 Å². The van der Waals surface area contributed by atoms with Crippen LogP contribution in [-0.2, 0) is 28.6 Å². The van der Waals surface area contributed by atoms with Crippen LogP contribution in [0.3, 0.4) is 0 Å². The SMILES string of the molecule is CCCCCCCCCCCCCC(=O)O[C@H](COC(=O)CCCCCCCCCCC)COC(=O)CCCCCCCCCCCCCCCCC(C)CC. The summed E-state index contributed by atoms with van der Waals surface area (Å²) >= 11 is 0. The first kappa shape index (κ1) is 54.4. The van der Waals surface area contributed by atoms with E-state index in [0.29, 0.717) is 19.3 Å². The summed E-state index contributed by atoms with van der Waals surface area (Å²) in [5.41, 5.74) is 0. The zero-order chi connectivity index (χ0) is 41.0. The second kappa shape index (κ2) is 44.5. The van der Waals surface area contributed by atoms with Crippen molar-refractivity contribution in [2.45, 2.75) is 284 Å². The van der Waals surface area contributed by atoms with Gasteiger partial charge in [0, 0.05) is 19.3 Å². The van der Waals surface area contributed by atoms with Crippen molar-refractivity contribution in [3.8, 4) is 0 Å². The molecule has 0 heterocycles. The van der Waals surface area contributed by atoms with Gasteiger partial charge in [0.05, 0.1) is 0 Å². The number of hydrogen-bond donors (Lipinski definition) is 0. The lowest BCUT2D eigenvalue weighted by Gasteiger charge is -2.18. The summed E-state index contributed by atoms with van der Waals surface area (Å²) in [6.45, 7) is 9.03. The molecule has 0 fully saturated rings. The summed E-state index contributed by atoms with van der Waals surface area (Å²) in [7, 11) is 0. The number of esters is 3. The normalized spacial score (nSPS) is 12.4. The minimum absolute atomic E-state index is 0.0631. The van der Waals surface area contributed by atoms with Gasteiger partial charge in [-0.2, -0.15) is 0 Å². The van der Waals surface area contributed by atoms with Crippen molar-refractivity contribution in [1.82, 2.24) is 0 Å². The molecule has 56 heavy (non-hydrogen) atoms. The molecule has 0 saturated carbocycles. The Morgan fingerprint density at radius 1 is 0.357 bits per heavy atom. The lowest BCUT2D eigenvalue weighted by molar-refractivity contribution is -0.167. The molecule has 1 unspecified atom stereocenters. The van der Waals surface area contributed by atoms with Gasteiger partial charge in [0.2, 0.25) is 0 Å². The fraction of sp³-hybridized carbons (Fsp3) is 0.940. The quantitative estimate of drug-likeness (QED) is 0.0347. The highest BCUT2D eigenvalue weighted by molar-refractivity contribution is 5.71. The molecule has 6 heteroatoms. The number of ether oxygens (including phenoxy) is 3. The highest BCUT2D eigenvalue weighted by Crippen LogP contribution is 2.17. The Labute approximate surface area is 348 Å². The molecular formula is C50H96O6. The molecule has 0 rings (SSSR count). The van der Waals surface area contributed by atoms with E-state index in [9.17, 15) is 14.4 Å². The van der Waals surface area contributed by atoms with Crippen molar-refractivity contribution in [1.29, 1.82) is 0 Å². The average Bonchev–Trinajstić information content (AvgIpc) is 3.19. The van der Waals surface area contributed by atoms with Gasteiger partial charge in [0.25, 0.3) is 0 Å². The second-order valence-corrected chi connectivity index (χ2v) is 17.3. The summed E-state index contributed by atoms with van der Waals surface area (Å²) in [6, 6.07) is 0. The monoisotopic (exact) mass is 793 g/mol. The average molecular weight is 793 g/mol. The third-order valence-corrected chi connectivity index (χ3v) is 11.7. The van der Waals surface area contributed by atoms with Crippen LogP contribution in [0.15, 0.2) is 0 Å². The van der Waals surface area contributed by atoms with Gasteiger partial charge in [-0.3, -0.25) is 14.4 Å². The molecular weight excluding hydrogens is 697 g/mol. The summed E-state index contributed by atoms with van der Waals surface area (Å²) in [5, 5.41) is 0. The molecule has 0 aliphatic carbocycles.